The standard InChI is InChI=1S/C14H15N5O4S2/c20-13(17-21)8-4-15-14(16-5-8)19-6-9-10(7-19)12(9)18-25(22,23)11-2-1-3-24-11/h1-5,9-10,12,18,21H,6-7H2,(H,17,20). The van der Waals surface area contributed by atoms with Crippen LogP contribution in [0.5, 0.6) is 0 Å². The Morgan fingerprint density at radius 2 is 1.96 bits per heavy atom. The Morgan fingerprint density at radius 3 is 2.52 bits per heavy atom. The van der Waals surface area contributed by atoms with Crippen LogP contribution in [0.3, 0.4) is 0 Å². The Hall–Kier alpha value is -2.08. The number of amides is 1. The van der Waals surface area contributed by atoms with E-state index in [0.717, 1.165) is 0 Å². The third-order valence-electron chi connectivity index (χ3n) is 4.53. The lowest BCUT2D eigenvalue weighted by atomic mass is 10.3. The van der Waals surface area contributed by atoms with Crippen LogP contribution in [0.2, 0.25) is 0 Å². The summed E-state index contributed by atoms with van der Waals surface area (Å²) in [5.41, 5.74) is 1.69. The van der Waals surface area contributed by atoms with Gasteiger partial charge in [-0.15, -0.1) is 11.3 Å². The number of aromatic nitrogens is 2. The zero-order valence-corrected chi connectivity index (χ0v) is 14.5. The van der Waals surface area contributed by atoms with Crippen molar-refractivity contribution in [3.05, 3.63) is 35.5 Å². The van der Waals surface area contributed by atoms with E-state index in [-0.39, 0.29) is 23.4 Å². The fourth-order valence-corrected chi connectivity index (χ4v) is 5.53. The molecule has 1 amide bonds. The third kappa shape index (κ3) is 2.99. The number of sulfonamides is 1. The van der Waals surface area contributed by atoms with Crippen LogP contribution in [-0.4, -0.2) is 48.6 Å². The number of carbonyl (C=O) groups is 1. The lowest BCUT2D eigenvalue weighted by molar-refractivity contribution is 0.0705. The fourth-order valence-electron chi connectivity index (χ4n) is 3.18. The van der Waals surface area contributed by atoms with Crippen molar-refractivity contribution in [3.8, 4) is 0 Å². The van der Waals surface area contributed by atoms with Gasteiger partial charge in [-0.1, -0.05) is 6.07 Å². The SMILES string of the molecule is O=C(NO)c1cnc(N2CC3C(C2)C3NS(=O)(=O)c2cccs2)nc1. The number of nitrogens with zero attached hydrogens (tertiary/aromatic N) is 3. The minimum Gasteiger partial charge on any atom is -0.340 e. The Bertz CT molecular complexity index is 872. The Labute approximate surface area is 147 Å². The van der Waals surface area contributed by atoms with Gasteiger partial charge in [-0.25, -0.2) is 28.6 Å². The van der Waals surface area contributed by atoms with Crippen LogP contribution in [0, 0.1) is 11.8 Å². The molecule has 25 heavy (non-hydrogen) atoms. The highest BCUT2D eigenvalue weighted by Gasteiger charge is 2.57. The summed E-state index contributed by atoms with van der Waals surface area (Å²) in [5.74, 6) is 0.290. The van der Waals surface area contributed by atoms with Crippen LogP contribution < -0.4 is 15.1 Å². The van der Waals surface area contributed by atoms with Crippen molar-refractivity contribution in [1.29, 1.82) is 0 Å². The first-order chi connectivity index (χ1) is 12.0. The highest BCUT2D eigenvalue weighted by Crippen LogP contribution is 2.46. The molecule has 11 heteroatoms. The van der Waals surface area contributed by atoms with Crippen LogP contribution >= 0.6 is 11.3 Å². The summed E-state index contributed by atoms with van der Waals surface area (Å²) in [6.07, 6.45) is 2.68. The number of piperidine rings is 1. The number of rotatable bonds is 5. The Balaban J connectivity index is 1.37. The van der Waals surface area contributed by atoms with Gasteiger partial charge in [0.15, 0.2) is 0 Å². The summed E-state index contributed by atoms with van der Waals surface area (Å²) in [6, 6.07) is 3.25. The maximum Gasteiger partial charge on any atom is 0.277 e. The fraction of sp³-hybridized carbons (Fsp3) is 0.357. The molecule has 4 rings (SSSR count). The summed E-state index contributed by atoms with van der Waals surface area (Å²) in [7, 11) is -3.45. The number of anilines is 1. The number of thiophene rings is 1. The van der Waals surface area contributed by atoms with Gasteiger partial charge in [0.25, 0.3) is 5.91 Å². The molecule has 0 aromatic carbocycles. The molecule has 2 aliphatic rings. The molecule has 2 aromatic rings. The molecule has 3 N–H and O–H groups in total. The summed E-state index contributed by atoms with van der Waals surface area (Å²) in [4.78, 5) is 21.5. The number of carbonyl (C=O) groups excluding carboxylic acids is 1. The predicted octanol–water partition coefficient (Wildman–Crippen LogP) is 0.0702. The summed E-state index contributed by atoms with van der Waals surface area (Å²) in [6.45, 7) is 1.32. The maximum atomic E-state index is 12.3. The van der Waals surface area contributed by atoms with Crippen molar-refractivity contribution >= 4 is 33.2 Å². The van der Waals surface area contributed by atoms with Gasteiger partial charge in [-0.3, -0.25) is 10.0 Å². The van der Waals surface area contributed by atoms with E-state index >= 15 is 0 Å². The molecule has 2 unspecified atom stereocenters. The van der Waals surface area contributed by atoms with Crippen LogP contribution in [0.4, 0.5) is 5.95 Å². The lowest BCUT2D eigenvalue weighted by Gasteiger charge is -2.19. The van der Waals surface area contributed by atoms with Crippen LogP contribution in [0.1, 0.15) is 10.4 Å². The third-order valence-corrected chi connectivity index (χ3v) is 7.39. The van der Waals surface area contributed by atoms with E-state index in [1.54, 1.807) is 17.5 Å². The van der Waals surface area contributed by atoms with Crippen molar-refractivity contribution < 1.29 is 18.4 Å². The van der Waals surface area contributed by atoms with Crippen molar-refractivity contribution in [2.45, 2.75) is 10.3 Å². The number of hydrogen-bond donors (Lipinski definition) is 3. The van der Waals surface area contributed by atoms with Gasteiger partial charge in [0.2, 0.25) is 16.0 Å². The van der Waals surface area contributed by atoms with Gasteiger partial charge in [0, 0.05) is 31.5 Å². The molecule has 3 heterocycles. The van der Waals surface area contributed by atoms with Gasteiger partial charge in [0.05, 0.1) is 5.56 Å². The van der Waals surface area contributed by atoms with E-state index in [9.17, 15) is 13.2 Å². The topological polar surface area (TPSA) is 125 Å². The van der Waals surface area contributed by atoms with Crippen LogP contribution in [0.15, 0.2) is 34.1 Å². The second-order valence-electron chi connectivity index (χ2n) is 6.02. The van der Waals surface area contributed by atoms with Crippen LogP contribution in [-0.2, 0) is 10.0 Å². The van der Waals surface area contributed by atoms with Crippen molar-refractivity contribution in [2.24, 2.45) is 11.8 Å². The second-order valence-corrected chi connectivity index (χ2v) is 8.91. The van der Waals surface area contributed by atoms with E-state index in [0.29, 0.717) is 23.2 Å². The Kier molecular flexibility index (Phi) is 3.95. The normalized spacial score (nSPS) is 24.8. The number of fused-ring (bicyclic) bond motifs is 1. The zero-order valence-electron chi connectivity index (χ0n) is 12.9. The van der Waals surface area contributed by atoms with Gasteiger partial charge in [-0.05, 0) is 23.3 Å². The quantitative estimate of drug-likeness (QED) is 0.494. The highest BCUT2D eigenvalue weighted by atomic mass is 32.2. The second kappa shape index (κ2) is 6.02. The average molecular weight is 381 g/mol. The molecule has 132 valence electrons. The first-order valence-electron chi connectivity index (χ1n) is 7.57. The summed E-state index contributed by atoms with van der Waals surface area (Å²) in [5, 5.41) is 10.3. The molecule has 0 spiro atoms. The van der Waals surface area contributed by atoms with E-state index in [2.05, 4.69) is 14.7 Å². The van der Waals surface area contributed by atoms with Crippen molar-refractivity contribution in [1.82, 2.24) is 20.2 Å². The lowest BCUT2D eigenvalue weighted by Crippen LogP contribution is -2.35. The van der Waals surface area contributed by atoms with Gasteiger partial charge in [0.1, 0.15) is 4.21 Å². The Morgan fingerprint density at radius 1 is 1.28 bits per heavy atom. The first-order valence-corrected chi connectivity index (χ1v) is 9.93. The molecule has 2 atom stereocenters. The molecule has 0 radical (unpaired) electrons. The van der Waals surface area contributed by atoms with Crippen molar-refractivity contribution in [2.75, 3.05) is 18.0 Å². The minimum atomic E-state index is -3.45. The number of hydrogen-bond acceptors (Lipinski definition) is 8. The number of nitrogens with one attached hydrogen (secondary N) is 2. The van der Waals surface area contributed by atoms with Gasteiger partial charge < -0.3 is 4.90 Å². The van der Waals surface area contributed by atoms with Gasteiger partial charge in [-0.2, -0.15) is 0 Å². The molecule has 2 aromatic heterocycles. The maximum absolute atomic E-state index is 12.3. The molecule has 1 saturated carbocycles. The van der Waals surface area contributed by atoms with E-state index in [1.165, 1.54) is 29.2 Å². The predicted molar refractivity (Wildman–Crippen MR) is 88.9 cm³/mol. The molecule has 1 saturated heterocycles. The molecular formula is C14H15N5O4S2. The molecule has 2 fully saturated rings. The van der Waals surface area contributed by atoms with E-state index in [1.807, 2.05) is 4.90 Å². The largest absolute Gasteiger partial charge is 0.340 e. The smallest absolute Gasteiger partial charge is 0.277 e. The molecule has 1 aliphatic heterocycles. The molecular weight excluding hydrogens is 366 g/mol. The molecule has 1 aliphatic carbocycles. The van der Waals surface area contributed by atoms with Gasteiger partial charge >= 0.3 is 0 Å². The first kappa shape index (κ1) is 16.4. The minimum absolute atomic E-state index is 0.0530. The molecule has 9 nitrogen and oxygen atoms in total. The zero-order chi connectivity index (χ0) is 17.6. The number of hydroxylamine groups is 1. The summed E-state index contributed by atoms with van der Waals surface area (Å²) < 4.78 is 27.6. The van der Waals surface area contributed by atoms with Crippen molar-refractivity contribution in [3.63, 3.8) is 0 Å². The average Bonchev–Trinajstić information content (AvgIpc) is 3.09. The summed E-state index contributed by atoms with van der Waals surface area (Å²) >= 11 is 1.20. The van der Waals surface area contributed by atoms with E-state index in [4.69, 9.17) is 5.21 Å². The van der Waals surface area contributed by atoms with Crippen LogP contribution in [0.25, 0.3) is 0 Å². The molecule has 0 bridgehead atoms. The monoisotopic (exact) mass is 381 g/mol. The highest BCUT2D eigenvalue weighted by molar-refractivity contribution is 7.91. The van der Waals surface area contributed by atoms with E-state index < -0.39 is 15.9 Å².